The molecular formula is C24H19F6NO3. The van der Waals surface area contributed by atoms with Gasteiger partial charge in [-0.25, -0.2) is 0 Å². The molecule has 10 heteroatoms. The van der Waals surface area contributed by atoms with Crippen LogP contribution in [-0.2, 0) is 12.8 Å². The Bertz CT molecular complexity index is 1230. The average Bonchev–Trinajstić information content (AvgIpc) is 2.74. The van der Waals surface area contributed by atoms with E-state index in [1.165, 1.54) is 12.1 Å². The molecule has 0 spiro atoms. The molecule has 3 aromatic rings. The van der Waals surface area contributed by atoms with Crippen LogP contribution >= 0.6 is 0 Å². The van der Waals surface area contributed by atoms with E-state index in [1.807, 2.05) is 0 Å². The Labute approximate surface area is 190 Å². The molecule has 1 atom stereocenters. The van der Waals surface area contributed by atoms with Gasteiger partial charge >= 0.3 is 12.5 Å². The molecule has 0 saturated heterocycles. The fourth-order valence-corrected chi connectivity index (χ4v) is 4.08. The van der Waals surface area contributed by atoms with Gasteiger partial charge < -0.3 is 14.5 Å². The first-order valence-electron chi connectivity index (χ1n) is 10.4. The van der Waals surface area contributed by atoms with Gasteiger partial charge in [0, 0.05) is 22.5 Å². The number of aromatic nitrogens is 1. The van der Waals surface area contributed by atoms with Crippen LogP contribution in [0.1, 0.15) is 23.4 Å². The van der Waals surface area contributed by atoms with E-state index in [0.717, 1.165) is 12.1 Å². The van der Waals surface area contributed by atoms with Crippen LogP contribution in [0.5, 0.6) is 17.2 Å². The molecule has 180 valence electrons. The van der Waals surface area contributed by atoms with Crippen molar-refractivity contribution >= 4 is 0 Å². The van der Waals surface area contributed by atoms with Crippen molar-refractivity contribution in [1.82, 2.24) is 4.98 Å². The van der Waals surface area contributed by atoms with Crippen molar-refractivity contribution < 1.29 is 35.8 Å². The Kier molecular flexibility index (Phi) is 6.09. The normalized spacial score (nSPS) is 16.1. The minimum atomic E-state index is -4.79. The summed E-state index contributed by atoms with van der Waals surface area (Å²) in [6.45, 7) is 1.70. The van der Waals surface area contributed by atoms with Gasteiger partial charge in [0.25, 0.3) is 0 Å². The van der Waals surface area contributed by atoms with Gasteiger partial charge in [0.05, 0.1) is 5.92 Å². The minimum Gasteiger partial charge on any atom is -0.457 e. The molecule has 1 aromatic heterocycles. The van der Waals surface area contributed by atoms with Crippen molar-refractivity contribution in [1.29, 1.82) is 0 Å². The van der Waals surface area contributed by atoms with Gasteiger partial charge in [-0.3, -0.25) is 4.79 Å². The number of rotatable bonds is 4. The summed E-state index contributed by atoms with van der Waals surface area (Å²) in [5.74, 6) is -1.30. The van der Waals surface area contributed by atoms with Crippen molar-refractivity contribution in [2.75, 3.05) is 0 Å². The average molecular weight is 483 g/mol. The molecule has 4 rings (SSSR count). The van der Waals surface area contributed by atoms with Crippen LogP contribution in [0.4, 0.5) is 26.3 Å². The van der Waals surface area contributed by atoms with Gasteiger partial charge in [0.1, 0.15) is 17.2 Å². The van der Waals surface area contributed by atoms with Crippen LogP contribution in [0.2, 0.25) is 0 Å². The molecule has 4 nitrogen and oxygen atoms in total. The molecule has 0 saturated carbocycles. The summed E-state index contributed by atoms with van der Waals surface area (Å²) in [5.41, 5.74) is 1.65. The Morgan fingerprint density at radius 2 is 1.44 bits per heavy atom. The van der Waals surface area contributed by atoms with Crippen LogP contribution in [-0.4, -0.2) is 17.5 Å². The second-order valence-electron chi connectivity index (χ2n) is 8.04. The van der Waals surface area contributed by atoms with E-state index >= 15 is 0 Å². The first-order valence-corrected chi connectivity index (χ1v) is 10.4. The van der Waals surface area contributed by atoms with Gasteiger partial charge in [-0.1, -0.05) is 12.1 Å². The summed E-state index contributed by atoms with van der Waals surface area (Å²) in [5, 5.41) is 0. The number of benzene rings is 2. The van der Waals surface area contributed by atoms with Crippen LogP contribution in [0, 0.1) is 12.8 Å². The predicted molar refractivity (Wildman–Crippen MR) is 112 cm³/mol. The maximum absolute atomic E-state index is 13.2. The molecule has 1 aliphatic carbocycles. The van der Waals surface area contributed by atoms with E-state index < -0.39 is 23.9 Å². The lowest BCUT2D eigenvalue weighted by Gasteiger charge is -2.27. The van der Waals surface area contributed by atoms with E-state index in [0.29, 0.717) is 28.3 Å². The largest absolute Gasteiger partial charge is 0.573 e. The topological polar surface area (TPSA) is 51.3 Å². The quantitative estimate of drug-likeness (QED) is 0.420. The van der Waals surface area contributed by atoms with Gasteiger partial charge in [-0.05, 0) is 68.1 Å². The molecule has 0 amide bonds. The van der Waals surface area contributed by atoms with Crippen molar-refractivity contribution in [3.63, 3.8) is 0 Å². The number of ether oxygens (including phenoxy) is 2. The number of hydrogen-bond acceptors (Lipinski definition) is 3. The second kappa shape index (κ2) is 8.73. The van der Waals surface area contributed by atoms with Crippen LogP contribution in [0.15, 0.2) is 53.3 Å². The zero-order chi connectivity index (χ0) is 24.7. The summed E-state index contributed by atoms with van der Waals surface area (Å²) in [7, 11) is 0. The number of pyridine rings is 1. The molecular weight excluding hydrogens is 464 g/mol. The smallest absolute Gasteiger partial charge is 0.457 e. The number of fused-ring (bicyclic) bond motifs is 1. The molecule has 1 heterocycles. The van der Waals surface area contributed by atoms with Crippen LogP contribution in [0.25, 0.3) is 11.1 Å². The summed E-state index contributed by atoms with van der Waals surface area (Å²) < 4.78 is 85.8. The summed E-state index contributed by atoms with van der Waals surface area (Å²) in [6, 6.07) is 11.2. The number of H-pyrrole nitrogens is 1. The lowest BCUT2D eigenvalue weighted by atomic mass is 9.84. The van der Waals surface area contributed by atoms with E-state index in [9.17, 15) is 31.1 Å². The summed E-state index contributed by atoms with van der Waals surface area (Å²) in [6.07, 6.45) is -9.39. The molecule has 34 heavy (non-hydrogen) atoms. The zero-order valence-corrected chi connectivity index (χ0v) is 17.8. The third kappa shape index (κ3) is 5.21. The highest BCUT2D eigenvalue weighted by molar-refractivity contribution is 5.67. The van der Waals surface area contributed by atoms with Crippen LogP contribution in [0.3, 0.4) is 0 Å². The molecule has 1 N–H and O–H groups in total. The lowest BCUT2D eigenvalue weighted by molar-refractivity contribution is -0.274. The minimum absolute atomic E-state index is 0.0550. The van der Waals surface area contributed by atoms with E-state index in [-0.39, 0.29) is 36.3 Å². The van der Waals surface area contributed by atoms with Crippen molar-refractivity contribution in [2.24, 2.45) is 5.92 Å². The Hall–Kier alpha value is -3.43. The number of aromatic amines is 1. The third-order valence-corrected chi connectivity index (χ3v) is 5.67. The fourth-order valence-electron chi connectivity index (χ4n) is 4.08. The van der Waals surface area contributed by atoms with Crippen molar-refractivity contribution in [3.8, 4) is 28.4 Å². The van der Waals surface area contributed by atoms with Gasteiger partial charge in [0.2, 0.25) is 0 Å². The maximum Gasteiger partial charge on any atom is 0.573 e. The van der Waals surface area contributed by atoms with Gasteiger partial charge in [0.15, 0.2) is 5.43 Å². The molecule has 1 aliphatic rings. The van der Waals surface area contributed by atoms with Gasteiger partial charge in [-0.15, -0.1) is 13.2 Å². The monoisotopic (exact) mass is 483 g/mol. The Morgan fingerprint density at radius 3 is 2.00 bits per heavy atom. The Balaban J connectivity index is 1.55. The fraction of sp³-hybridized carbons (Fsp3) is 0.292. The summed E-state index contributed by atoms with van der Waals surface area (Å²) in [4.78, 5) is 16.2. The Morgan fingerprint density at radius 1 is 0.882 bits per heavy atom. The first-order chi connectivity index (χ1) is 15.9. The molecule has 0 bridgehead atoms. The SMILES string of the molecule is Cc1[nH]c2c(c(=O)c1-c1ccc(Oc3ccc(OC(F)(F)F)cc3)cc1)CC(C(F)(F)F)CC2. The molecule has 0 aliphatic heterocycles. The number of halogens is 6. The summed E-state index contributed by atoms with van der Waals surface area (Å²) >= 11 is 0. The van der Waals surface area contributed by atoms with E-state index in [1.54, 1.807) is 31.2 Å². The number of hydrogen-bond donors (Lipinski definition) is 1. The third-order valence-electron chi connectivity index (χ3n) is 5.67. The number of alkyl halides is 6. The number of aryl methyl sites for hydroxylation is 2. The van der Waals surface area contributed by atoms with Crippen molar-refractivity contribution in [3.05, 3.63) is 75.7 Å². The first kappa shape index (κ1) is 23.7. The molecule has 2 aromatic carbocycles. The van der Waals surface area contributed by atoms with E-state index in [2.05, 4.69) is 9.72 Å². The maximum atomic E-state index is 13.2. The molecule has 0 fully saturated rings. The van der Waals surface area contributed by atoms with Crippen molar-refractivity contribution in [2.45, 2.75) is 38.7 Å². The molecule has 0 radical (unpaired) electrons. The predicted octanol–water partition coefficient (Wildman–Crippen LogP) is 6.71. The lowest BCUT2D eigenvalue weighted by Crippen LogP contribution is -2.33. The number of nitrogens with one attached hydrogen (secondary N) is 1. The van der Waals surface area contributed by atoms with Gasteiger partial charge in [-0.2, -0.15) is 13.2 Å². The van der Waals surface area contributed by atoms with E-state index in [4.69, 9.17) is 4.74 Å². The zero-order valence-electron chi connectivity index (χ0n) is 17.8. The standard InChI is InChI=1S/C24H19F6NO3/c1-13-21(22(32)19-12-15(23(25,26)27)4-11-20(19)31-13)14-2-5-16(6-3-14)33-17-7-9-18(10-8-17)34-24(28,29)30/h2-3,5-10,15H,4,11-12H2,1H3,(H,31,32). The molecule has 1 unspecified atom stereocenters. The highest BCUT2D eigenvalue weighted by Crippen LogP contribution is 2.37. The van der Waals surface area contributed by atoms with Crippen LogP contribution < -0.4 is 14.9 Å². The highest BCUT2D eigenvalue weighted by Gasteiger charge is 2.42. The second-order valence-corrected chi connectivity index (χ2v) is 8.04. The highest BCUT2D eigenvalue weighted by atomic mass is 19.4.